The molecule has 0 atom stereocenters. The molecule has 0 aliphatic carbocycles. The standard InChI is InChI=1S/C14H11BrN2O5/c15-10-7-13-12(20-4-5-21-13)6-9(10)8-22-11-2-1-3-16-14(11)17(18)19/h1-3,6-7H,4-5,8H2. The van der Waals surface area contributed by atoms with Gasteiger partial charge >= 0.3 is 5.82 Å². The number of hydrogen-bond acceptors (Lipinski definition) is 6. The van der Waals surface area contributed by atoms with Crippen LogP contribution in [-0.4, -0.2) is 23.1 Å². The van der Waals surface area contributed by atoms with Crippen molar-refractivity contribution in [2.75, 3.05) is 13.2 Å². The average molecular weight is 367 g/mol. The summed E-state index contributed by atoms with van der Waals surface area (Å²) in [7, 11) is 0. The van der Waals surface area contributed by atoms with E-state index in [-0.39, 0.29) is 18.2 Å². The van der Waals surface area contributed by atoms with E-state index in [1.807, 2.05) is 0 Å². The molecular weight excluding hydrogens is 356 g/mol. The molecule has 0 saturated heterocycles. The zero-order valence-corrected chi connectivity index (χ0v) is 12.9. The molecule has 0 radical (unpaired) electrons. The highest BCUT2D eigenvalue weighted by Crippen LogP contribution is 2.36. The van der Waals surface area contributed by atoms with E-state index in [1.165, 1.54) is 12.3 Å². The van der Waals surface area contributed by atoms with Crippen LogP contribution in [0.4, 0.5) is 5.82 Å². The van der Waals surface area contributed by atoms with E-state index in [9.17, 15) is 10.1 Å². The summed E-state index contributed by atoms with van der Waals surface area (Å²) in [6, 6.07) is 6.68. The molecule has 1 aliphatic heterocycles. The van der Waals surface area contributed by atoms with Gasteiger partial charge in [0.2, 0.25) is 5.75 Å². The molecule has 8 heteroatoms. The van der Waals surface area contributed by atoms with E-state index < -0.39 is 4.92 Å². The minimum Gasteiger partial charge on any atom is -0.486 e. The Kier molecular flexibility index (Phi) is 4.10. The van der Waals surface area contributed by atoms with Crippen molar-refractivity contribution in [3.8, 4) is 17.2 Å². The predicted molar refractivity (Wildman–Crippen MR) is 80.4 cm³/mol. The number of ether oxygens (including phenoxy) is 3. The summed E-state index contributed by atoms with van der Waals surface area (Å²) in [5.41, 5.74) is 0.794. The number of nitro groups is 1. The summed E-state index contributed by atoms with van der Waals surface area (Å²) < 4.78 is 17.3. The third kappa shape index (κ3) is 2.96. The highest BCUT2D eigenvalue weighted by atomic mass is 79.9. The van der Waals surface area contributed by atoms with E-state index in [1.54, 1.807) is 18.2 Å². The van der Waals surface area contributed by atoms with Crippen LogP contribution < -0.4 is 14.2 Å². The molecule has 1 aromatic carbocycles. The molecule has 22 heavy (non-hydrogen) atoms. The minimum absolute atomic E-state index is 0.120. The maximum atomic E-state index is 10.9. The number of nitrogens with zero attached hydrogens (tertiary/aromatic N) is 2. The van der Waals surface area contributed by atoms with Crippen LogP contribution in [0, 0.1) is 10.1 Å². The average Bonchev–Trinajstić information content (AvgIpc) is 2.53. The molecular formula is C14H11BrN2O5. The van der Waals surface area contributed by atoms with Crippen LogP contribution in [0.1, 0.15) is 5.56 Å². The van der Waals surface area contributed by atoms with E-state index >= 15 is 0 Å². The molecule has 0 spiro atoms. The van der Waals surface area contributed by atoms with Gasteiger partial charge in [-0.15, -0.1) is 0 Å². The summed E-state index contributed by atoms with van der Waals surface area (Å²) in [5, 5.41) is 10.9. The lowest BCUT2D eigenvalue weighted by atomic mass is 10.2. The van der Waals surface area contributed by atoms with Crippen LogP contribution in [0.25, 0.3) is 0 Å². The third-order valence-electron chi connectivity index (χ3n) is 3.02. The highest BCUT2D eigenvalue weighted by Gasteiger charge is 2.18. The Hall–Kier alpha value is -2.35. The molecule has 0 bridgehead atoms. The number of halogens is 1. The maximum absolute atomic E-state index is 10.9. The fourth-order valence-corrected chi connectivity index (χ4v) is 2.44. The van der Waals surface area contributed by atoms with Gasteiger partial charge < -0.3 is 24.3 Å². The summed E-state index contributed by atoms with van der Waals surface area (Å²) in [4.78, 5) is 14.0. The van der Waals surface area contributed by atoms with Crippen LogP contribution in [0.2, 0.25) is 0 Å². The molecule has 3 rings (SSSR count). The molecule has 0 N–H and O–H groups in total. The number of benzene rings is 1. The molecule has 114 valence electrons. The van der Waals surface area contributed by atoms with Gasteiger partial charge in [-0.25, -0.2) is 0 Å². The van der Waals surface area contributed by atoms with Crippen molar-refractivity contribution in [2.24, 2.45) is 0 Å². The molecule has 0 amide bonds. The van der Waals surface area contributed by atoms with E-state index in [4.69, 9.17) is 14.2 Å². The largest absolute Gasteiger partial charge is 0.486 e. The van der Waals surface area contributed by atoms with Crippen molar-refractivity contribution in [1.29, 1.82) is 0 Å². The number of hydrogen-bond donors (Lipinski definition) is 0. The molecule has 1 aromatic heterocycles. The Balaban J connectivity index is 1.81. The van der Waals surface area contributed by atoms with Gasteiger partial charge in [-0.05, 0) is 34.2 Å². The second-order valence-corrected chi connectivity index (χ2v) is 5.31. The fraction of sp³-hybridized carbons (Fsp3) is 0.214. The van der Waals surface area contributed by atoms with Crippen molar-refractivity contribution < 1.29 is 19.1 Å². The van der Waals surface area contributed by atoms with Crippen molar-refractivity contribution in [1.82, 2.24) is 4.98 Å². The van der Waals surface area contributed by atoms with E-state index in [0.29, 0.717) is 24.7 Å². The molecule has 2 aromatic rings. The zero-order chi connectivity index (χ0) is 15.5. The Morgan fingerprint density at radius 1 is 1.32 bits per heavy atom. The van der Waals surface area contributed by atoms with Crippen molar-refractivity contribution in [3.63, 3.8) is 0 Å². The lowest BCUT2D eigenvalue weighted by molar-refractivity contribution is -0.390. The van der Waals surface area contributed by atoms with Gasteiger partial charge in [0.05, 0.1) is 0 Å². The maximum Gasteiger partial charge on any atom is 0.406 e. The molecule has 2 heterocycles. The molecule has 0 saturated carbocycles. The smallest absolute Gasteiger partial charge is 0.406 e. The van der Waals surface area contributed by atoms with Crippen LogP contribution in [0.15, 0.2) is 34.9 Å². The van der Waals surface area contributed by atoms with Crippen LogP contribution in [-0.2, 0) is 6.61 Å². The Labute approximate surface area is 134 Å². The third-order valence-corrected chi connectivity index (χ3v) is 3.76. The van der Waals surface area contributed by atoms with Crippen molar-refractivity contribution in [3.05, 3.63) is 50.6 Å². The second kappa shape index (κ2) is 6.18. The Bertz CT molecular complexity index is 722. The van der Waals surface area contributed by atoms with Crippen LogP contribution in [0.3, 0.4) is 0 Å². The van der Waals surface area contributed by atoms with Crippen LogP contribution >= 0.6 is 15.9 Å². The van der Waals surface area contributed by atoms with Crippen molar-refractivity contribution in [2.45, 2.75) is 6.61 Å². The van der Waals surface area contributed by atoms with Gasteiger partial charge in [0.25, 0.3) is 0 Å². The van der Waals surface area contributed by atoms with Gasteiger partial charge in [0.1, 0.15) is 26.0 Å². The first-order valence-electron chi connectivity index (χ1n) is 6.45. The summed E-state index contributed by atoms with van der Waals surface area (Å²) in [6.45, 7) is 1.14. The van der Waals surface area contributed by atoms with Crippen molar-refractivity contribution >= 4 is 21.7 Å². The molecule has 1 aliphatic rings. The molecule has 0 fully saturated rings. The normalized spacial score (nSPS) is 12.8. The lowest BCUT2D eigenvalue weighted by Crippen LogP contribution is -2.15. The molecule has 0 unspecified atom stereocenters. The van der Waals surface area contributed by atoms with Gasteiger partial charge in [0.15, 0.2) is 11.5 Å². The fourth-order valence-electron chi connectivity index (χ4n) is 2.00. The summed E-state index contributed by atoms with van der Waals surface area (Å²) >= 11 is 3.43. The predicted octanol–water partition coefficient (Wildman–Crippen LogP) is 3.10. The quantitative estimate of drug-likeness (QED) is 0.610. The summed E-state index contributed by atoms with van der Waals surface area (Å²) in [5.74, 6) is 1.11. The van der Waals surface area contributed by atoms with E-state index in [2.05, 4.69) is 20.9 Å². The molecule has 7 nitrogen and oxygen atoms in total. The van der Waals surface area contributed by atoms with Gasteiger partial charge in [0, 0.05) is 10.0 Å². The SMILES string of the molecule is O=[N+]([O-])c1ncccc1OCc1cc2c(cc1Br)OCCO2. The monoisotopic (exact) mass is 366 g/mol. The lowest BCUT2D eigenvalue weighted by Gasteiger charge is -2.20. The summed E-state index contributed by atoms with van der Waals surface area (Å²) in [6.07, 6.45) is 1.35. The Morgan fingerprint density at radius 3 is 2.77 bits per heavy atom. The number of pyridine rings is 1. The number of aromatic nitrogens is 1. The van der Waals surface area contributed by atoms with Gasteiger partial charge in [-0.1, -0.05) is 15.9 Å². The highest BCUT2D eigenvalue weighted by molar-refractivity contribution is 9.10. The minimum atomic E-state index is -0.575. The van der Waals surface area contributed by atoms with E-state index in [0.717, 1.165) is 10.0 Å². The first-order valence-corrected chi connectivity index (χ1v) is 7.24. The van der Waals surface area contributed by atoms with Crippen LogP contribution in [0.5, 0.6) is 17.2 Å². The number of rotatable bonds is 4. The zero-order valence-electron chi connectivity index (χ0n) is 11.3. The van der Waals surface area contributed by atoms with Gasteiger partial charge in [-0.3, -0.25) is 0 Å². The first kappa shape index (κ1) is 14.6. The van der Waals surface area contributed by atoms with Gasteiger partial charge in [-0.2, -0.15) is 0 Å². The Morgan fingerprint density at radius 2 is 2.05 bits per heavy atom. The topological polar surface area (TPSA) is 83.7 Å². The second-order valence-electron chi connectivity index (χ2n) is 4.46. The number of fused-ring (bicyclic) bond motifs is 1. The first-order chi connectivity index (χ1) is 10.6.